The van der Waals surface area contributed by atoms with Crippen LogP contribution in [0.3, 0.4) is 0 Å². The topological polar surface area (TPSA) is 64.6 Å². The molecular formula is C15H19NO4. The molecule has 0 bridgehead atoms. The maximum Gasteiger partial charge on any atom is 0.411 e. The summed E-state index contributed by atoms with van der Waals surface area (Å²) in [6, 6.07) is 7.48. The second kappa shape index (κ2) is 7.99. The molecule has 0 spiro atoms. The minimum absolute atomic E-state index is 0.00209. The zero-order valence-corrected chi connectivity index (χ0v) is 11.8. The first-order valence-electron chi connectivity index (χ1n) is 6.38. The molecule has 0 atom stereocenters. The Kier molecular flexibility index (Phi) is 6.29. The first-order valence-corrected chi connectivity index (χ1v) is 6.38. The fourth-order valence-corrected chi connectivity index (χ4v) is 1.37. The van der Waals surface area contributed by atoms with Gasteiger partial charge in [-0.1, -0.05) is 25.6 Å². The number of aryl methyl sites for hydroxylation is 1. The minimum Gasteiger partial charge on any atom is -0.459 e. The molecule has 0 saturated heterocycles. The normalized spacial score (nSPS) is 9.70. The monoisotopic (exact) mass is 277 g/mol. The van der Waals surface area contributed by atoms with E-state index in [1.807, 2.05) is 12.1 Å². The zero-order chi connectivity index (χ0) is 15.0. The highest BCUT2D eigenvalue weighted by molar-refractivity contribution is 5.87. The first kappa shape index (κ1) is 15.8. The van der Waals surface area contributed by atoms with Gasteiger partial charge in [0.15, 0.2) is 0 Å². The number of carbonyl (C=O) groups excluding carboxylic acids is 2. The Labute approximate surface area is 118 Å². The fourth-order valence-electron chi connectivity index (χ4n) is 1.37. The van der Waals surface area contributed by atoms with Gasteiger partial charge in [-0.25, -0.2) is 9.59 Å². The number of rotatable bonds is 6. The summed E-state index contributed by atoms with van der Waals surface area (Å²) in [6.07, 6.45) is 0.361. The van der Waals surface area contributed by atoms with Crippen LogP contribution >= 0.6 is 0 Å². The highest BCUT2D eigenvalue weighted by Gasteiger charge is 2.05. The number of benzene rings is 1. The minimum atomic E-state index is -0.583. The largest absolute Gasteiger partial charge is 0.459 e. The van der Waals surface area contributed by atoms with Crippen LogP contribution < -0.4 is 5.32 Å². The Morgan fingerprint density at radius 1 is 1.15 bits per heavy atom. The van der Waals surface area contributed by atoms with E-state index in [2.05, 4.69) is 18.8 Å². The Morgan fingerprint density at radius 2 is 1.75 bits per heavy atom. The third kappa shape index (κ3) is 5.56. The molecule has 1 rings (SSSR count). The molecule has 0 aromatic heterocycles. The van der Waals surface area contributed by atoms with Gasteiger partial charge in [0.25, 0.3) is 0 Å². The number of nitrogens with one attached hydrogen (secondary N) is 1. The van der Waals surface area contributed by atoms with E-state index in [1.54, 1.807) is 19.1 Å². The molecule has 0 radical (unpaired) electrons. The van der Waals surface area contributed by atoms with Crippen LogP contribution in [0.2, 0.25) is 0 Å². The molecule has 0 aliphatic rings. The van der Waals surface area contributed by atoms with Crippen molar-refractivity contribution in [3.05, 3.63) is 42.0 Å². The van der Waals surface area contributed by atoms with Gasteiger partial charge in [-0.05, 0) is 31.0 Å². The van der Waals surface area contributed by atoms with Crippen LogP contribution in [0.1, 0.15) is 19.4 Å². The van der Waals surface area contributed by atoms with Crippen LogP contribution in [0.4, 0.5) is 10.5 Å². The molecule has 0 aliphatic heterocycles. The fraction of sp³-hybridized carbons (Fsp3) is 0.333. The van der Waals surface area contributed by atoms with Crippen molar-refractivity contribution < 1.29 is 19.1 Å². The molecule has 1 N–H and O–H groups in total. The Hall–Kier alpha value is -2.30. The van der Waals surface area contributed by atoms with Crippen LogP contribution in [0.25, 0.3) is 0 Å². The smallest absolute Gasteiger partial charge is 0.411 e. The van der Waals surface area contributed by atoms with Crippen molar-refractivity contribution in [3.8, 4) is 0 Å². The molecule has 0 fully saturated rings. The van der Waals surface area contributed by atoms with E-state index in [9.17, 15) is 9.59 Å². The second-order valence-electron chi connectivity index (χ2n) is 4.23. The Morgan fingerprint density at radius 3 is 2.30 bits per heavy atom. The predicted octanol–water partition coefficient (Wildman–Crippen LogP) is 2.92. The summed E-state index contributed by atoms with van der Waals surface area (Å²) in [5.74, 6) is -0.496. The van der Waals surface area contributed by atoms with Crippen molar-refractivity contribution in [1.29, 1.82) is 0 Å². The van der Waals surface area contributed by atoms with Gasteiger partial charge in [-0.2, -0.15) is 0 Å². The van der Waals surface area contributed by atoms with Crippen molar-refractivity contribution in [2.24, 2.45) is 0 Å². The molecule has 1 aromatic rings. The number of anilines is 1. The molecule has 0 heterocycles. The highest BCUT2D eigenvalue weighted by atomic mass is 16.6. The van der Waals surface area contributed by atoms with E-state index in [1.165, 1.54) is 5.56 Å². The average molecular weight is 277 g/mol. The second-order valence-corrected chi connectivity index (χ2v) is 4.23. The quantitative estimate of drug-likeness (QED) is 0.493. The van der Waals surface area contributed by atoms with Crippen molar-refractivity contribution >= 4 is 17.7 Å². The average Bonchev–Trinajstić information content (AvgIpc) is 2.44. The highest BCUT2D eigenvalue weighted by Crippen LogP contribution is 2.10. The van der Waals surface area contributed by atoms with E-state index in [0.29, 0.717) is 11.3 Å². The maximum absolute atomic E-state index is 11.5. The maximum atomic E-state index is 11.5. The first-order chi connectivity index (χ1) is 9.52. The number of ether oxygens (including phenoxy) is 2. The van der Waals surface area contributed by atoms with Gasteiger partial charge < -0.3 is 9.47 Å². The third-order valence-electron chi connectivity index (χ3n) is 2.51. The summed E-state index contributed by atoms with van der Waals surface area (Å²) in [6.45, 7) is 7.06. The Bertz CT molecular complexity index is 479. The van der Waals surface area contributed by atoms with Crippen molar-refractivity contribution in [2.45, 2.75) is 20.3 Å². The van der Waals surface area contributed by atoms with Gasteiger partial charge in [0.05, 0.1) is 0 Å². The molecule has 1 aromatic carbocycles. The molecule has 5 nitrogen and oxygen atoms in total. The molecule has 108 valence electrons. The number of hydrogen-bond acceptors (Lipinski definition) is 4. The lowest BCUT2D eigenvalue weighted by Gasteiger charge is -2.08. The van der Waals surface area contributed by atoms with Gasteiger partial charge in [-0.3, -0.25) is 5.32 Å². The third-order valence-corrected chi connectivity index (χ3v) is 2.51. The summed E-state index contributed by atoms with van der Waals surface area (Å²) >= 11 is 0. The van der Waals surface area contributed by atoms with Crippen molar-refractivity contribution in [1.82, 2.24) is 0 Å². The van der Waals surface area contributed by atoms with Crippen molar-refractivity contribution in [3.63, 3.8) is 0 Å². The molecule has 0 saturated carbocycles. The standard InChI is InChI=1S/C15H19NO4/c1-4-12-5-7-13(8-6-12)16-15(18)20-10-9-19-14(17)11(2)3/h5-8H,2,4,9-10H2,1,3H3,(H,16,18). The summed E-state index contributed by atoms with van der Waals surface area (Å²) < 4.78 is 9.67. The molecule has 0 unspecified atom stereocenters. The summed E-state index contributed by atoms with van der Waals surface area (Å²) in [5, 5.41) is 2.58. The lowest BCUT2D eigenvalue weighted by atomic mass is 10.1. The van der Waals surface area contributed by atoms with Gasteiger partial charge in [0.1, 0.15) is 13.2 Å². The number of esters is 1. The van der Waals surface area contributed by atoms with Gasteiger partial charge in [-0.15, -0.1) is 0 Å². The van der Waals surface area contributed by atoms with Crippen LogP contribution in [0, 0.1) is 0 Å². The van der Waals surface area contributed by atoms with Gasteiger partial charge in [0, 0.05) is 11.3 Å². The van der Waals surface area contributed by atoms with Crippen LogP contribution in [0.15, 0.2) is 36.4 Å². The SMILES string of the molecule is C=C(C)C(=O)OCCOC(=O)Nc1ccc(CC)cc1. The summed E-state index contributed by atoms with van der Waals surface area (Å²) in [5.41, 5.74) is 2.16. The lowest BCUT2D eigenvalue weighted by molar-refractivity contribution is -0.139. The van der Waals surface area contributed by atoms with E-state index >= 15 is 0 Å². The molecule has 5 heteroatoms. The van der Waals surface area contributed by atoms with E-state index in [4.69, 9.17) is 9.47 Å². The van der Waals surface area contributed by atoms with Crippen LogP contribution in [-0.2, 0) is 20.7 Å². The molecular weight excluding hydrogens is 258 g/mol. The van der Waals surface area contributed by atoms with E-state index in [-0.39, 0.29) is 13.2 Å². The van der Waals surface area contributed by atoms with Gasteiger partial charge >= 0.3 is 12.1 Å². The zero-order valence-electron chi connectivity index (χ0n) is 11.8. The molecule has 20 heavy (non-hydrogen) atoms. The Balaban J connectivity index is 2.26. The predicted molar refractivity (Wildman–Crippen MR) is 76.6 cm³/mol. The molecule has 1 amide bonds. The summed E-state index contributed by atoms with van der Waals surface area (Å²) in [7, 11) is 0. The lowest BCUT2D eigenvalue weighted by Crippen LogP contribution is -2.18. The molecule has 0 aliphatic carbocycles. The van der Waals surface area contributed by atoms with Crippen molar-refractivity contribution in [2.75, 3.05) is 18.5 Å². The number of amides is 1. The van der Waals surface area contributed by atoms with E-state index < -0.39 is 12.1 Å². The van der Waals surface area contributed by atoms with Crippen LogP contribution in [-0.4, -0.2) is 25.3 Å². The van der Waals surface area contributed by atoms with Gasteiger partial charge in [0.2, 0.25) is 0 Å². The summed E-state index contributed by atoms with van der Waals surface area (Å²) in [4.78, 5) is 22.5. The number of hydrogen-bond donors (Lipinski definition) is 1. The van der Waals surface area contributed by atoms with Crippen LogP contribution in [0.5, 0.6) is 0 Å². The van der Waals surface area contributed by atoms with E-state index in [0.717, 1.165) is 6.42 Å². The number of carbonyl (C=O) groups is 2.